The Hall–Kier alpha value is -0.710. The molecule has 114 valence electrons. The van der Waals surface area contributed by atoms with Gasteiger partial charge in [-0.25, -0.2) is 4.39 Å². The largest absolute Gasteiger partial charge is 0.306 e. The quantitative estimate of drug-likeness (QED) is 0.734. The van der Waals surface area contributed by atoms with Crippen molar-refractivity contribution >= 4 is 27.3 Å². The molecule has 0 fully saturated rings. The van der Waals surface area contributed by atoms with E-state index < -0.39 is 0 Å². The van der Waals surface area contributed by atoms with Crippen molar-refractivity contribution in [2.75, 3.05) is 6.54 Å². The maximum absolute atomic E-state index is 13.8. The highest BCUT2D eigenvalue weighted by Gasteiger charge is 2.22. The summed E-state index contributed by atoms with van der Waals surface area (Å²) in [5.41, 5.74) is 1.08. The average molecular weight is 370 g/mol. The van der Waals surface area contributed by atoms with Crippen LogP contribution in [0.1, 0.15) is 49.1 Å². The van der Waals surface area contributed by atoms with Crippen LogP contribution in [0.4, 0.5) is 4.39 Å². The van der Waals surface area contributed by atoms with Crippen molar-refractivity contribution in [1.82, 2.24) is 5.32 Å². The van der Waals surface area contributed by atoms with Crippen molar-refractivity contribution in [3.63, 3.8) is 0 Å². The molecular weight excluding hydrogens is 349 g/mol. The van der Waals surface area contributed by atoms with Crippen molar-refractivity contribution in [1.29, 1.82) is 0 Å². The lowest BCUT2D eigenvalue weighted by atomic mass is 9.95. The molecule has 4 heteroatoms. The van der Waals surface area contributed by atoms with Crippen LogP contribution in [-0.2, 0) is 5.41 Å². The minimum atomic E-state index is -0.219. The molecule has 2 rings (SSSR count). The van der Waals surface area contributed by atoms with Crippen molar-refractivity contribution in [2.45, 2.75) is 39.2 Å². The van der Waals surface area contributed by atoms with Crippen molar-refractivity contribution in [2.24, 2.45) is 0 Å². The monoisotopic (exact) mass is 369 g/mol. The third kappa shape index (κ3) is 3.74. The van der Waals surface area contributed by atoms with Crippen LogP contribution in [0, 0.1) is 5.82 Å². The normalized spacial score (nSPS) is 13.4. The van der Waals surface area contributed by atoms with E-state index in [1.807, 2.05) is 6.07 Å². The maximum atomic E-state index is 13.8. The fraction of sp³-hybridized carbons (Fsp3) is 0.412. The van der Waals surface area contributed by atoms with Gasteiger partial charge in [0.25, 0.3) is 0 Å². The van der Waals surface area contributed by atoms with Crippen LogP contribution in [0.15, 0.2) is 34.8 Å². The SMILES string of the molecule is CCNC(c1ccc(C(C)(C)C)s1)c1cccc(F)c1Br. The van der Waals surface area contributed by atoms with Gasteiger partial charge in [-0.05, 0) is 51.7 Å². The first-order chi connectivity index (χ1) is 9.84. The second-order valence-corrected chi connectivity index (χ2v) is 7.99. The highest BCUT2D eigenvalue weighted by Crippen LogP contribution is 2.37. The summed E-state index contributed by atoms with van der Waals surface area (Å²) in [6, 6.07) is 9.55. The van der Waals surface area contributed by atoms with Crippen LogP contribution in [0.3, 0.4) is 0 Å². The predicted molar refractivity (Wildman–Crippen MR) is 92.6 cm³/mol. The number of hydrogen-bond acceptors (Lipinski definition) is 2. The van der Waals surface area contributed by atoms with Gasteiger partial charge in [-0.2, -0.15) is 0 Å². The van der Waals surface area contributed by atoms with Gasteiger partial charge in [-0.15, -0.1) is 11.3 Å². The van der Waals surface area contributed by atoms with Gasteiger partial charge in [0, 0.05) is 9.75 Å². The fourth-order valence-corrected chi connectivity index (χ4v) is 3.88. The Kier molecular flexibility index (Phi) is 5.23. The highest BCUT2D eigenvalue weighted by atomic mass is 79.9. The molecule has 1 aromatic carbocycles. The van der Waals surface area contributed by atoms with Crippen molar-refractivity contribution < 1.29 is 4.39 Å². The molecule has 0 saturated carbocycles. The molecule has 0 aliphatic heterocycles. The highest BCUT2D eigenvalue weighted by molar-refractivity contribution is 9.10. The summed E-state index contributed by atoms with van der Waals surface area (Å²) in [5.74, 6) is -0.219. The summed E-state index contributed by atoms with van der Waals surface area (Å²) in [4.78, 5) is 2.56. The molecule has 0 aliphatic carbocycles. The van der Waals surface area contributed by atoms with Crippen molar-refractivity contribution in [3.05, 3.63) is 55.9 Å². The van der Waals surface area contributed by atoms with E-state index in [1.165, 1.54) is 15.8 Å². The summed E-state index contributed by atoms with van der Waals surface area (Å²) in [6.45, 7) is 9.53. The van der Waals surface area contributed by atoms with Gasteiger partial charge in [0.2, 0.25) is 0 Å². The standard InChI is InChI=1S/C17H21BrFNS/c1-5-20-16(11-7-6-8-12(19)15(11)18)13-9-10-14(21-13)17(2,3)4/h6-10,16,20H,5H2,1-4H3. The molecule has 0 saturated heterocycles. The minimum Gasteiger partial charge on any atom is -0.306 e. The van der Waals surface area contributed by atoms with Gasteiger partial charge in [0.05, 0.1) is 10.5 Å². The molecule has 21 heavy (non-hydrogen) atoms. The van der Waals surface area contributed by atoms with Gasteiger partial charge in [-0.3, -0.25) is 0 Å². The smallest absolute Gasteiger partial charge is 0.137 e. The third-order valence-electron chi connectivity index (χ3n) is 3.35. The topological polar surface area (TPSA) is 12.0 Å². The molecular formula is C17H21BrFNS. The zero-order valence-corrected chi connectivity index (χ0v) is 15.2. The molecule has 1 nitrogen and oxygen atoms in total. The number of rotatable bonds is 4. The second kappa shape index (κ2) is 6.59. The molecule has 1 aromatic heterocycles. The molecule has 1 heterocycles. The van der Waals surface area contributed by atoms with E-state index >= 15 is 0 Å². The number of benzene rings is 1. The van der Waals surface area contributed by atoms with Crippen LogP contribution in [0.2, 0.25) is 0 Å². The molecule has 0 radical (unpaired) electrons. The summed E-state index contributed by atoms with van der Waals surface area (Å²) < 4.78 is 14.4. The number of hydrogen-bond donors (Lipinski definition) is 1. The average Bonchev–Trinajstić information content (AvgIpc) is 2.89. The van der Waals surface area contributed by atoms with Crippen LogP contribution < -0.4 is 5.32 Å². The zero-order valence-electron chi connectivity index (χ0n) is 12.8. The lowest BCUT2D eigenvalue weighted by molar-refractivity contribution is 0.598. The molecule has 0 bridgehead atoms. The third-order valence-corrected chi connectivity index (χ3v) is 5.76. The molecule has 0 aliphatic rings. The van der Waals surface area contributed by atoms with Gasteiger partial charge < -0.3 is 5.32 Å². The molecule has 1 unspecified atom stereocenters. The van der Waals surface area contributed by atoms with Crippen LogP contribution in [0.5, 0.6) is 0 Å². The van der Waals surface area contributed by atoms with E-state index in [-0.39, 0.29) is 17.3 Å². The minimum absolute atomic E-state index is 0.0150. The lowest BCUT2D eigenvalue weighted by Crippen LogP contribution is -2.21. The Balaban J connectivity index is 2.44. The Morgan fingerprint density at radius 3 is 2.52 bits per heavy atom. The van der Waals surface area contributed by atoms with Crippen LogP contribution >= 0.6 is 27.3 Å². The first-order valence-electron chi connectivity index (χ1n) is 7.12. The van der Waals surface area contributed by atoms with Crippen molar-refractivity contribution in [3.8, 4) is 0 Å². The molecule has 0 amide bonds. The first-order valence-corrected chi connectivity index (χ1v) is 8.73. The summed E-state index contributed by atoms with van der Waals surface area (Å²) in [6.07, 6.45) is 0. The summed E-state index contributed by atoms with van der Waals surface area (Å²) >= 11 is 5.18. The van der Waals surface area contributed by atoms with Gasteiger partial charge in [0.15, 0.2) is 0 Å². The molecule has 1 N–H and O–H groups in total. The van der Waals surface area contributed by atoms with E-state index in [9.17, 15) is 4.39 Å². The van der Waals surface area contributed by atoms with Crippen LogP contribution in [-0.4, -0.2) is 6.54 Å². The number of thiophene rings is 1. The Morgan fingerprint density at radius 2 is 1.95 bits per heavy atom. The predicted octanol–water partition coefficient (Wildman–Crippen LogP) is 5.65. The second-order valence-electron chi connectivity index (χ2n) is 6.09. The Morgan fingerprint density at radius 1 is 1.24 bits per heavy atom. The first kappa shape index (κ1) is 16.7. The van der Waals surface area contributed by atoms with Gasteiger partial charge >= 0.3 is 0 Å². The summed E-state index contributed by atoms with van der Waals surface area (Å²) in [5, 5.41) is 3.46. The number of halogens is 2. The molecule has 1 atom stereocenters. The van der Waals surface area contributed by atoms with Gasteiger partial charge in [0.1, 0.15) is 5.82 Å². The molecule has 0 spiro atoms. The van der Waals surface area contributed by atoms with E-state index in [1.54, 1.807) is 17.4 Å². The van der Waals surface area contributed by atoms with Gasteiger partial charge in [-0.1, -0.05) is 39.8 Å². The Bertz CT molecular complexity index is 615. The fourth-order valence-electron chi connectivity index (χ4n) is 2.22. The lowest BCUT2D eigenvalue weighted by Gasteiger charge is -2.20. The van der Waals surface area contributed by atoms with Crippen LogP contribution in [0.25, 0.3) is 0 Å². The Labute approximate surface area is 138 Å². The van der Waals surface area contributed by atoms with E-state index in [0.29, 0.717) is 4.47 Å². The maximum Gasteiger partial charge on any atom is 0.137 e. The van der Waals surface area contributed by atoms with E-state index in [0.717, 1.165) is 12.1 Å². The van der Waals surface area contributed by atoms with E-state index in [4.69, 9.17) is 0 Å². The zero-order chi connectivity index (χ0) is 15.6. The summed E-state index contributed by atoms with van der Waals surface area (Å²) in [7, 11) is 0. The number of nitrogens with one attached hydrogen (secondary N) is 1. The van der Waals surface area contributed by atoms with E-state index in [2.05, 4.69) is 61.1 Å². The molecule has 2 aromatic rings.